The number of carbonyl (C=O) groups is 1. The van der Waals surface area contributed by atoms with Gasteiger partial charge in [-0.2, -0.15) is 18.3 Å². The number of halogens is 3. The molecule has 0 bridgehead atoms. The summed E-state index contributed by atoms with van der Waals surface area (Å²) >= 11 is 0. The molecule has 0 radical (unpaired) electrons. The van der Waals surface area contributed by atoms with Gasteiger partial charge >= 0.3 is 12.1 Å². The number of aliphatic hydroxyl groups is 3. The van der Waals surface area contributed by atoms with Crippen LogP contribution >= 0.6 is 0 Å². The van der Waals surface area contributed by atoms with Crippen molar-refractivity contribution >= 4 is 5.97 Å². The van der Waals surface area contributed by atoms with Gasteiger partial charge in [0, 0.05) is 23.9 Å². The van der Waals surface area contributed by atoms with E-state index in [2.05, 4.69) is 10.1 Å². The molecule has 12 heteroatoms. The monoisotopic (exact) mass is 449 g/mol. The molecule has 0 aromatic carbocycles. The van der Waals surface area contributed by atoms with Crippen LogP contribution in [0.5, 0.6) is 11.6 Å². The number of aromatic nitrogens is 3. The summed E-state index contributed by atoms with van der Waals surface area (Å²) < 4.78 is 47.6. The van der Waals surface area contributed by atoms with E-state index in [0.29, 0.717) is 0 Å². The Morgan fingerprint density at radius 1 is 1.23 bits per heavy atom. The molecule has 1 atom stereocenters. The molecule has 0 aliphatic carbocycles. The van der Waals surface area contributed by atoms with Crippen molar-refractivity contribution in [2.24, 2.45) is 0 Å². The Kier molecular flexibility index (Phi) is 8.56. The number of aromatic carboxylic acids is 1. The molecule has 9 nitrogen and oxygen atoms in total. The van der Waals surface area contributed by atoms with Crippen molar-refractivity contribution in [2.75, 3.05) is 13.2 Å². The second-order valence-electron chi connectivity index (χ2n) is 7.38. The fourth-order valence-electron chi connectivity index (χ4n) is 2.55. The van der Waals surface area contributed by atoms with Gasteiger partial charge < -0.3 is 25.2 Å². The highest BCUT2D eigenvalue weighted by Gasteiger charge is 2.40. The van der Waals surface area contributed by atoms with E-state index in [4.69, 9.17) is 14.9 Å². The molecule has 0 fully saturated rings. The Morgan fingerprint density at radius 3 is 2.19 bits per heavy atom. The summed E-state index contributed by atoms with van der Waals surface area (Å²) in [6.07, 6.45) is -5.17. The topological polar surface area (TPSA) is 138 Å². The lowest BCUT2D eigenvalue weighted by atomic mass is 10.0. The summed E-state index contributed by atoms with van der Waals surface area (Å²) in [5.41, 5.74) is -3.11. The Hall–Kier alpha value is -2.70. The van der Waals surface area contributed by atoms with Crippen molar-refractivity contribution in [3.05, 3.63) is 34.8 Å². The molecule has 4 N–H and O–H groups in total. The second-order valence-corrected chi connectivity index (χ2v) is 7.38. The van der Waals surface area contributed by atoms with Gasteiger partial charge in [-0.3, -0.25) is 4.98 Å². The molecule has 174 valence electrons. The van der Waals surface area contributed by atoms with E-state index in [9.17, 15) is 28.2 Å². The van der Waals surface area contributed by atoms with E-state index >= 15 is 0 Å². The smallest absolute Gasteiger partial charge is 0.420 e. The predicted molar refractivity (Wildman–Crippen MR) is 103 cm³/mol. The summed E-state index contributed by atoms with van der Waals surface area (Å²) in [4.78, 5) is 15.0. The maximum Gasteiger partial charge on any atom is 0.420 e. The Bertz CT molecular complexity index is 907. The van der Waals surface area contributed by atoms with Crippen LogP contribution in [-0.4, -0.2) is 54.4 Å². The van der Waals surface area contributed by atoms with Gasteiger partial charge in [-0.05, 0) is 34.6 Å². The number of nitrogens with zero attached hydrogens (tertiary/aromatic N) is 3. The standard InChI is InChI=1S/C17H20F3N3O5.C2H6O/c1-8-13(15(26)27)22-23(16(2,3)4)14(8)28-11-6-21-5-9(10(25)7-24)12(11)17(18,19)20;1-2-3/h5-6,10,24-25H,7H2,1-4H3,(H,26,27);3H,2H2,1H3. The first-order valence-electron chi connectivity index (χ1n) is 9.16. The van der Waals surface area contributed by atoms with E-state index in [0.717, 1.165) is 12.4 Å². The predicted octanol–water partition coefficient (Wildman–Crippen LogP) is 2.88. The molecule has 0 spiro atoms. The minimum atomic E-state index is -4.93. The first kappa shape index (κ1) is 26.3. The molecule has 2 heterocycles. The fourth-order valence-corrected chi connectivity index (χ4v) is 2.55. The molecular formula is C19H26F3N3O6. The SMILES string of the molecule is CCO.Cc1c(C(=O)O)nn(C(C)(C)C)c1Oc1cncc(C(O)CO)c1C(F)(F)F. The summed E-state index contributed by atoms with van der Waals surface area (Å²) in [6, 6.07) is 0. The first-order chi connectivity index (χ1) is 14.2. The number of carboxylic acids is 1. The second kappa shape index (κ2) is 10.1. The maximum absolute atomic E-state index is 13.7. The maximum atomic E-state index is 13.7. The van der Waals surface area contributed by atoms with Crippen LogP contribution in [0, 0.1) is 6.92 Å². The average molecular weight is 449 g/mol. The van der Waals surface area contributed by atoms with Gasteiger partial charge in [0.15, 0.2) is 11.4 Å². The summed E-state index contributed by atoms with van der Waals surface area (Å²) in [5.74, 6) is -2.31. The highest BCUT2D eigenvalue weighted by molar-refractivity contribution is 5.87. The molecule has 0 aliphatic rings. The highest BCUT2D eigenvalue weighted by Crippen LogP contribution is 2.43. The van der Waals surface area contributed by atoms with Crippen molar-refractivity contribution in [1.29, 1.82) is 0 Å². The lowest BCUT2D eigenvalue weighted by molar-refractivity contribution is -0.140. The molecule has 0 saturated heterocycles. The van der Waals surface area contributed by atoms with Gasteiger partial charge in [-0.1, -0.05) is 0 Å². The van der Waals surface area contributed by atoms with Crippen molar-refractivity contribution in [3.8, 4) is 11.6 Å². The number of pyridine rings is 1. The molecule has 0 amide bonds. The van der Waals surface area contributed by atoms with Gasteiger partial charge in [0.25, 0.3) is 0 Å². The number of hydrogen-bond donors (Lipinski definition) is 4. The number of rotatable bonds is 5. The molecular weight excluding hydrogens is 423 g/mol. The third-order valence-electron chi connectivity index (χ3n) is 3.87. The van der Waals surface area contributed by atoms with Crippen LogP contribution < -0.4 is 4.74 Å². The van der Waals surface area contributed by atoms with Gasteiger partial charge in [0.1, 0.15) is 11.7 Å². The van der Waals surface area contributed by atoms with E-state index in [1.165, 1.54) is 11.6 Å². The van der Waals surface area contributed by atoms with Crippen molar-refractivity contribution in [1.82, 2.24) is 14.8 Å². The van der Waals surface area contributed by atoms with E-state index in [-0.39, 0.29) is 23.7 Å². The van der Waals surface area contributed by atoms with E-state index in [1.54, 1.807) is 27.7 Å². The molecule has 0 saturated carbocycles. The molecule has 0 aliphatic heterocycles. The summed E-state index contributed by atoms with van der Waals surface area (Å²) in [7, 11) is 0. The van der Waals surface area contributed by atoms with Crippen LogP contribution in [0.15, 0.2) is 12.4 Å². The van der Waals surface area contributed by atoms with E-state index in [1.807, 2.05) is 0 Å². The van der Waals surface area contributed by atoms with Gasteiger partial charge in [-0.15, -0.1) is 0 Å². The van der Waals surface area contributed by atoms with Crippen molar-refractivity contribution in [3.63, 3.8) is 0 Å². The largest absolute Gasteiger partial charge is 0.476 e. The quantitative estimate of drug-likeness (QED) is 0.547. The Morgan fingerprint density at radius 2 is 1.77 bits per heavy atom. The third-order valence-corrected chi connectivity index (χ3v) is 3.87. The number of hydrogen-bond acceptors (Lipinski definition) is 7. The van der Waals surface area contributed by atoms with Gasteiger partial charge in [-0.25, -0.2) is 9.48 Å². The van der Waals surface area contributed by atoms with Gasteiger partial charge in [0.05, 0.1) is 18.3 Å². The lowest BCUT2D eigenvalue weighted by Gasteiger charge is -2.24. The molecule has 2 rings (SSSR count). The van der Waals surface area contributed by atoms with Crippen molar-refractivity contribution in [2.45, 2.75) is 52.4 Å². The number of alkyl halides is 3. The molecule has 2 aromatic rings. The van der Waals surface area contributed by atoms with Crippen LogP contribution in [-0.2, 0) is 11.7 Å². The third kappa shape index (κ3) is 6.15. The minimum Gasteiger partial charge on any atom is -0.476 e. The number of aliphatic hydroxyl groups excluding tert-OH is 3. The summed E-state index contributed by atoms with van der Waals surface area (Å²) in [5, 5.41) is 39.6. The van der Waals surface area contributed by atoms with Crippen LogP contribution in [0.3, 0.4) is 0 Å². The van der Waals surface area contributed by atoms with Crippen LogP contribution in [0.1, 0.15) is 61.0 Å². The zero-order chi connectivity index (χ0) is 24.1. The Labute approximate surface area is 176 Å². The van der Waals surface area contributed by atoms with Crippen LogP contribution in [0.4, 0.5) is 13.2 Å². The Balaban J connectivity index is 0.00000151. The van der Waals surface area contributed by atoms with Crippen LogP contribution in [0.25, 0.3) is 0 Å². The molecule has 31 heavy (non-hydrogen) atoms. The molecule has 2 aromatic heterocycles. The van der Waals surface area contributed by atoms with Crippen LogP contribution in [0.2, 0.25) is 0 Å². The minimum absolute atomic E-state index is 0.0312. The number of carboxylic acid groups (broad SMARTS) is 1. The highest BCUT2D eigenvalue weighted by atomic mass is 19.4. The molecule has 1 unspecified atom stereocenters. The lowest BCUT2D eigenvalue weighted by Crippen LogP contribution is -2.24. The average Bonchev–Trinajstić information content (AvgIpc) is 2.97. The fraction of sp³-hybridized carbons (Fsp3) is 0.526. The van der Waals surface area contributed by atoms with Gasteiger partial charge in [0.2, 0.25) is 5.88 Å². The summed E-state index contributed by atoms with van der Waals surface area (Å²) in [6.45, 7) is 7.36. The normalized spacial score (nSPS) is 12.7. The number of ether oxygens (including phenoxy) is 1. The first-order valence-corrected chi connectivity index (χ1v) is 9.16. The zero-order valence-electron chi connectivity index (χ0n) is 17.7. The van der Waals surface area contributed by atoms with Crippen molar-refractivity contribution < 1.29 is 43.1 Å². The zero-order valence-corrected chi connectivity index (χ0v) is 17.7. The van der Waals surface area contributed by atoms with E-state index < -0.39 is 47.3 Å².